The van der Waals surface area contributed by atoms with Gasteiger partial charge < -0.3 is 19.1 Å². The van der Waals surface area contributed by atoms with Gasteiger partial charge in [-0.25, -0.2) is 0 Å². The number of ether oxygens (including phenoxy) is 3. The van der Waals surface area contributed by atoms with E-state index in [1.807, 2.05) is 29.2 Å². The third kappa shape index (κ3) is 5.29. The maximum Gasteiger partial charge on any atom is 0.257 e. The standard InChI is InChI=1S/C27H29NO4/c1-20-10-11-25-23(16-20)18-21-6-5-7-22(17-21)19-28(12-13-31-14-15-32-25)27(29)24-8-3-4-9-26(24)30-2/h3-11,16-17H,12-15,18-19H2,1-2H3. The van der Waals surface area contributed by atoms with Crippen LogP contribution in [-0.4, -0.2) is 44.3 Å². The van der Waals surface area contributed by atoms with Gasteiger partial charge in [0.2, 0.25) is 0 Å². The minimum Gasteiger partial charge on any atom is -0.496 e. The van der Waals surface area contributed by atoms with Crippen LogP contribution in [0.25, 0.3) is 0 Å². The van der Waals surface area contributed by atoms with E-state index in [1.54, 1.807) is 13.2 Å². The SMILES string of the molecule is COc1ccccc1C(=O)N1CCOCCOc2ccc(C)cc2Cc2cccc(c2)C1. The van der Waals surface area contributed by atoms with Crippen LogP contribution in [0.2, 0.25) is 0 Å². The Labute approximate surface area is 189 Å². The van der Waals surface area contributed by atoms with E-state index in [-0.39, 0.29) is 5.91 Å². The molecule has 0 saturated carbocycles. The highest BCUT2D eigenvalue weighted by Crippen LogP contribution is 2.25. The monoisotopic (exact) mass is 431 g/mol. The van der Waals surface area contributed by atoms with E-state index in [0.717, 1.165) is 23.3 Å². The Morgan fingerprint density at radius 1 is 0.938 bits per heavy atom. The Kier molecular flexibility index (Phi) is 7.07. The van der Waals surface area contributed by atoms with Gasteiger partial charge >= 0.3 is 0 Å². The van der Waals surface area contributed by atoms with Crippen molar-refractivity contribution in [3.8, 4) is 11.5 Å². The highest BCUT2D eigenvalue weighted by Gasteiger charge is 2.20. The molecule has 3 aromatic rings. The summed E-state index contributed by atoms with van der Waals surface area (Å²) in [5.41, 5.74) is 5.18. The molecule has 0 unspecified atom stereocenters. The van der Waals surface area contributed by atoms with Gasteiger partial charge in [-0.15, -0.1) is 0 Å². The fourth-order valence-electron chi connectivity index (χ4n) is 4.00. The third-order valence-electron chi connectivity index (χ3n) is 5.59. The van der Waals surface area contributed by atoms with Crippen molar-refractivity contribution in [1.29, 1.82) is 0 Å². The minimum absolute atomic E-state index is 0.0687. The lowest BCUT2D eigenvalue weighted by atomic mass is 10.00. The first-order valence-electron chi connectivity index (χ1n) is 10.9. The number of fused-ring (bicyclic) bond motifs is 3. The molecule has 0 saturated heterocycles. The number of hydrogen-bond acceptors (Lipinski definition) is 4. The zero-order valence-electron chi connectivity index (χ0n) is 18.7. The number of hydrogen-bond donors (Lipinski definition) is 0. The molecule has 1 aliphatic heterocycles. The van der Waals surface area contributed by atoms with Crippen molar-refractivity contribution in [2.45, 2.75) is 19.9 Å². The number of rotatable bonds is 2. The number of benzene rings is 3. The summed E-state index contributed by atoms with van der Waals surface area (Å²) in [5, 5.41) is 0. The van der Waals surface area contributed by atoms with Crippen LogP contribution in [-0.2, 0) is 17.7 Å². The Morgan fingerprint density at radius 3 is 2.66 bits per heavy atom. The van der Waals surface area contributed by atoms with Crippen LogP contribution in [0, 0.1) is 6.92 Å². The quantitative estimate of drug-likeness (QED) is 0.593. The van der Waals surface area contributed by atoms with Crippen LogP contribution >= 0.6 is 0 Å². The molecule has 1 aliphatic rings. The van der Waals surface area contributed by atoms with Crippen LogP contribution < -0.4 is 9.47 Å². The fraction of sp³-hybridized carbons (Fsp3) is 0.296. The van der Waals surface area contributed by atoms with Crippen molar-refractivity contribution in [3.05, 3.63) is 94.5 Å². The maximum absolute atomic E-state index is 13.4. The lowest BCUT2D eigenvalue weighted by Crippen LogP contribution is -2.34. The molecule has 5 heteroatoms. The number of carbonyl (C=O) groups excluding carboxylic acids is 1. The van der Waals surface area contributed by atoms with Crippen molar-refractivity contribution in [3.63, 3.8) is 0 Å². The molecule has 5 nitrogen and oxygen atoms in total. The predicted octanol–water partition coefficient (Wildman–Crippen LogP) is 4.65. The number of amides is 1. The summed E-state index contributed by atoms with van der Waals surface area (Å²) in [6, 6.07) is 22.0. The first-order valence-corrected chi connectivity index (χ1v) is 10.9. The predicted molar refractivity (Wildman–Crippen MR) is 124 cm³/mol. The maximum atomic E-state index is 13.4. The van der Waals surface area contributed by atoms with Crippen LogP contribution in [0.4, 0.5) is 0 Å². The second kappa shape index (κ2) is 10.3. The first kappa shape index (κ1) is 21.9. The lowest BCUT2D eigenvalue weighted by Gasteiger charge is -2.24. The summed E-state index contributed by atoms with van der Waals surface area (Å²) in [5.74, 6) is 1.40. The molecule has 0 aliphatic carbocycles. The molecular formula is C27H29NO4. The van der Waals surface area contributed by atoms with Crippen molar-refractivity contribution in [2.24, 2.45) is 0 Å². The second-order valence-corrected chi connectivity index (χ2v) is 8.00. The van der Waals surface area contributed by atoms with Gasteiger partial charge in [0, 0.05) is 19.5 Å². The Balaban J connectivity index is 1.64. The van der Waals surface area contributed by atoms with Gasteiger partial charge in [0.25, 0.3) is 5.91 Å². The smallest absolute Gasteiger partial charge is 0.257 e. The number of aryl methyl sites for hydroxylation is 1. The minimum atomic E-state index is -0.0687. The molecule has 2 bridgehead atoms. The molecule has 0 atom stereocenters. The molecular weight excluding hydrogens is 402 g/mol. The zero-order valence-corrected chi connectivity index (χ0v) is 18.7. The molecule has 166 valence electrons. The highest BCUT2D eigenvalue weighted by atomic mass is 16.5. The second-order valence-electron chi connectivity index (χ2n) is 8.00. The van der Waals surface area contributed by atoms with Crippen molar-refractivity contribution in [2.75, 3.05) is 33.5 Å². The summed E-state index contributed by atoms with van der Waals surface area (Å²) < 4.78 is 17.2. The number of carbonyl (C=O) groups is 1. The molecule has 3 aromatic carbocycles. The third-order valence-corrected chi connectivity index (χ3v) is 5.59. The van der Waals surface area contributed by atoms with E-state index in [2.05, 4.69) is 43.3 Å². The Morgan fingerprint density at radius 2 is 1.78 bits per heavy atom. The van der Waals surface area contributed by atoms with E-state index in [9.17, 15) is 4.79 Å². The van der Waals surface area contributed by atoms with Crippen LogP contribution in [0.15, 0.2) is 66.7 Å². The van der Waals surface area contributed by atoms with Gasteiger partial charge in [-0.1, -0.05) is 54.1 Å². The van der Waals surface area contributed by atoms with Gasteiger partial charge in [-0.2, -0.15) is 0 Å². The highest BCUT2D eigenvalue weighted by molar-refractivity contribution is 5.96. The average molecular weight is 432 g/mol. The largest absolute Gasteiger partial charge is 0.496 e. The number of nitrogens with zero attached hydrogens (tertiary/aromatic N) is 1. The van der Waals surface area contributed by atoms with Crippen molar-refractivity contribution >= 4 is 5.91 Å². The number of methoxy groups -OCH3 is 1. The van der Waals surface area contributed by atoms with Crippen LogP contribution in [0.5, 0.6) is 11.5 Å². The molecule has 32 heavy (non-hydrogen) atoms. The molecule has 0 fully saturated rings. The first-order chi connectivity index (χ1) is 15.6. The molecule has 1 amide bonds. The fourth-order valence-corrected chi connectivity index (χ4v) is 4.00. The Hall–Kier alpha value is -3.31. The van der Waals surface area contributed by atoms with Crippen molar-refractivity contribution in [1.82, 2.24) is 4.90 Å². The molecule has 0 radical (unpaired) electrons. The lowest BCUT2D eigenvalue weighted by molar-refractivity contribution is 0.0569. The molecule has 0 N–H and O–H groups in total. The Bertz CT molecular complexity index is 1080. The van der Waals surface area contributed by atoms with E-state index in [0.29, 0.717) is 44.2 Å². The molecule has 0 spiro atoms. The van der Waals surface area contributed by atoms with Gasteiger partial charge in [0.1, 0.15) is 18.1 Å². The average Bonchev–Trinajstić information content (AvgIpc) is 2.81. The summed E-state index contributed by atoms with van der Waals surface area (Å²) >= 11 is 0. The topological polar surface area (TPSA) is 48.0 Å². The molecule has 0 aromatic heterocycles. The summed E-state index contributed by atoms with van der Waals surface area (Å²) in [4.78, 5) is 15.2. The van der Waals surface area contributed by atoms with Crippen LogP contribution in [0.3, 0.4) is 0 Å². The van der Waals surface area contributed by atoms with Gasteiger partial charge in [0.15, 0.2) is 0 Å². The molecule has 1 heterocycles. The molecule has 4 rings (SSSR count). The van der Waals surface area contributed by atoms with Gasteiger partial charge in [-0.3, -0.25) is 4.79 Å². The van der Waals surface area contributed by atoms with Crippen LogP contribution in [0.1, 0.15) is 32.6 Å². The van der Waals surface area contributed by atoms with E-state index < -0.39 is 0 Å². The summed E-state index contributed by atoms with van der Waals surface area (Å²) in [6.07, 6.45) is 0.770. The van der Waals surface area contributed by atoms with Gasteiger partial charge in [0.05, 0.1) is 25.9 Å². The van der Waals surface area contributed by atoms with E-state index in [4.69, 9.17) is 14.2 Å². The van der Waals surface area contributed by atoms with E-state index >= 15 is 0 Å². The van der Waals surface area contributed by atoms with Crippen molar-refractivity contribution < 1.29 is 19.0 Å². The zero-order chi connectivity index (χ0) is 22.3. The number of para-hydroxylation sites is 1. The van der Waals surface area contributed by atoms with Gasteiger partial charge in [-0.05, 0) is 41.8 Å². The normalized spacial score (nSPS) is 14.6. The summed E-state index contributed by atoms with van der Waals surface area (Å²) in [6.45, 7) is 4.45. The van der Waals surface area contributed by atoms with E-state index in [1.165, 1.54) is 11.1 Å². The summed E-state index contributed by atoms with van der Waals surface area (Å²) in [7, 11) is 1.58.